The van der Waals surface area contributed by atoms with Crippen LogP contribution in [0.4, 0.5) is 0 Å². The molecule has 1 heterocycles. The van der Waals surface area contributed by atoms with Gasteiger partial charge in [-0.25, -0.2) is 8.42 Å². The number of nitrogens with one attached hydrogen (secondary N) is 1. The molecule has 1 saturated carbocycles. The zero-order valence-corrected chi connectivity index (χ0v) is 23.4. The minimum Gasteiger partial charge on any atom is -0.489 e. The van der Waals surface area contributed by atoms with Gasteiger partial charge >= 0.3 is 0 Å². The van der Waals surface area contributed by atoms with Crippen LogP contribution in [-0.2, 0) is 16.6 Å². The van der Waals surface area contributed by atoms with Crippen molar-refractivity contribution >= 4 is 28.3 Å². The Hall–Kier alpha value is -2.13. The molecule has 9 heteroatoms. The summed E-state index contributed by atoms with van der Waals surface area (Å²) in [7, 11) is -3.17. The molecule has 1 saturated heterocycles. The number of sulfonamides is 1. The average molecular weight is 550 g/mol. The molecule has 2 fully saturated rings. The maximum Gasteiger partial charge on any atom is 0.251 e. The molecule has 2 aliphatic rings. The first-order valence-corrected chi connectivity index (χ1v) is 14.8. The van der Waals surface area contributed by atoms with Gasteiger partial charge in [0, 0.05) is 43.8 Å². The van der Waals surface area contributed by atoms with Gasteiger partial charge in [0.25, 0.3) is 5.91 Å². The molecule has 7 nitrogen and oxygen atoms in total. The lowest BCUT2D eigenvalue weighted by molar-refractivity contribution is 0.0240. The zero-order valence-electron chi connectivity index (χ0n) is 21.7. The summed E-state index contributed by atoms with van der Waals surface area (Å²) in [5.41, 5.74) is 1.61. The molecule has 1 N–H and O–H groups in total. The van der Waals surface area contributed by atoms with Crippen LogP contribution >= 0.6 is 12.4 Å². The van der Waals surface area contributed by atoms with Crippen LogP contribution in [0.25, 0.3) is 0 Å². The molecule has 1 amide bonds. The second kappa shape index (κ2) is 13.6. The molecule has 4 rings (SSSR count). The topological polar surface area (TPSA) is 79.0 Å². The fourth-order valence-corrected chi connectivity index (χ4v) is 6.93. The largest absolute Gasteiger partial charge is 0.489 e. The number of rotatable bonds is 10. The Kier molecular flexibility index (Phi) is 10.8. The van der Waals surface area contributed by atoms with E-state index in [0.29, 0.717) is 51.3 Å². The van der Waals surface area contributed by atoms with Crippen LogP contribution in [-0.4, -0.2) is 67.5 Å². The number of halogens is 1. The standard InChI is InChI=1S/C28H39N3O4S.ClH/c1-2-21-36(33,34)31-19-17-30(18-20-31)28(15-7-4-8-16-28)23-29-27(32)25-11-13-26(14-12-25)35-22-24-9-5-3-6-10-24;/h3,5-6,9-14H,2,4,7-8,15-23H2,1H3,(H,29,32);1H. The summed E-state index contributed by atoms with van der Waals surface area (Å²) in [6.07, 6.45) is 6.18. The molecule has 0 radical (unpaired) electrons. The maximum absolute atomic E-state index is 13.0. The van der Waals surface area contributed by atoms with Gasteiger partial charge in [0.05, 0.1) is 5.75 Å². The summed E-state index contributed by atoms with van der Waals surface area (Å²) in [6.45, 7) is 5.46. The first-order chi connectivity index (χ1) is 17.4. The van der Waals surface area contributed by atoms with Gasteiger partial charge in [-0.3, -0.25) is 9.69 Å². The number of benzene rings is 2. The zero-order chi connectivity index (χ0) is 25.4. The van der Waals surface area contributed by atoms with Crippen LogP contribution in [0.3, 0.4) is 0 Å². The highest BCUT2D eigenvalue weighted by Gasteiger charge is 2.40. The number of hydrogen-bond acceptors (Lipinski definition) is 5. The molecule has 0 spiro atoms. The third-order valence-corrected chi connectivity index (χ3v) is 9.57. The first kappa shape index (κ1) is 29.4. The highest BCUT2D eigenvalue weighted by molar-refractivity contribution is 7.89. The van der Waals surface area contributed by atoms with Gasteiger partial charge < -0.3 is 10.1 Å². The van der Waals surface area contributed by atoms with Crippen molar-refractivity contribution in [2.45, 2.75) is 57.6 Å². The van der Waals surface area contributed by atoms with Crippen LogP contribution < -0.4 is 10.1 Å². The predicted molar refractivity (Wildman–Crippen MR) is 150 cm³/mol. The SMILES string of the molecule is CCCS(=O)(=O)N1CCN(C2(CNC(=O)c3ccc(OCc4ccccc4)cc3)CCCCC2)CC1.Cl. The van der Waals surface area contributed by atoms with E-state index in [1.807, 2.05) is 49.4 Å². The maximum atomic E-state index is 13.0. The highest BCUT2D eigenvalue weighted by Crippen LogP contribution is 2.34. The van der Waals surface area contributed by atoms with Crippen LogP contribution in [0.5, 0.6) is 5.75 Å². The third-order valence-electron chi connectivity index (χ3n) is 7.49. The van der Waals surface area contributed by atoms with Crippen molar-refractivity contribution in [3.8, 4) is 5.75 Å². The van der Waals surface area contributed by atoms with Gasteiger partial charge in [-0.1, -0.05) is 56.5 Å². The second-order valence-electron chi connectivity index (χ2n) is 9.97. The van der Waals surface area contributed by atoms with E-state index in [-0.39, 0.29) is 29.6 Å². The molecule has 0 atom stereocenters. The Morgan fingerprint density at radius 3 is 2.22 bits per heavy atom. The van der Waals surface area contributed by atoms with Gasteiger partial charge in [-0.2, -0.15) is 4.31 Å². The number of ether oxygens (including phenoxy) is 1. The predicted octanol–water partition coefficient (Wildman–Crippen LogP) is 4.48. The van der Waals surface area contributed by atoms with E-state index in [2.05, 4.69) is 10.2 Å². The van der Waals surface area contributed by atoms with Gasteiger partial charge in [0.2, 0.25) is 10.0 Å². The van der Waals surface area contributed by atoms with E-state index in [1.165, 1.54) is 6.42 Å². The Morgan fingerprint density at radius 1 is 0.946 bits per heavy atom. The third kappa shape index (κ3) is 7.69. The van der Waals surface area contributed by atoms with E-state index >= 15 is 0 Å². The van der Waals surface area contributed by atoms with Crippen LogP contribution in [0.15, 0.2) is 54.6 Å². The quantitative estimate of drug-likeness (QED) is 0.473. The summed E-state index contributed by atoms with van der Waals surface area (Å²) < 4.78 is 32.5. The number of nitrogens with zero attached hydrogens (tertiary/aromatic N) is 2. The van der Waals surface area contributed by atoms with Crippen molar-refractivity contribution in [3.05, 3.63) is 65.7 Å². The lowest BCUT2D eigenvalue weighted by Gasteiger charge is -2.49. The van der Waals surface area contributed by atoms with Gasteiger partial charge in [-0.15, -0.1) is 12.4 Å². The molecule has 1 aliphatic carbocycles. The molecule has 0 unspecified atom stereocenters. The van der Waals surface area contributed by atoms with Crippen molar-refractivity contribution in [1.29, 1.82) is 0 Å². The van der Waals surface area contributed by atoms with Crippen LogP contribution in [0.2, 0.25) is 0 Å². The molecule has 1 aliphatic heterocycles. The monoisotopic (exact) mass is 549 g/mol. The minimum atomic E-state index is -3.17. The van der Waals surface area contributed by atoms with Crippen molar-refractivity contribution < 1.29 is 17.9 Å². The lowest BCUT2D eigenvalue weighted by Crippen LogP contribution is -2.62. The van der Waals surface area contributed by atoms with Crippen molar-refractivity contribution in [2.75, 3.05) is 38.5 Å². The van der Waals surface area contributed by atoms with Crippen LogP contribution in [0, 0.1) is 0 Å². The number of piperazine rings is 1. The average Bonchev–Trinajstić information content (AvgIpc) is 2.92. The molecule has 0 bridgehead atoms. The van der Waals surface area contributed by atoms with Crippen LogP contribution in [0.1, 0.15) is 61.4 Å². The lowest BCUT2D eigenvalue weighted by atomic mass is 9.79. The molecule has 37 heavy (non-hydrogen) atoms. The van der Waals surface area contributed by atoms with E-state index in [4.69, 9.17) is 4.74 Å². The molecule has 2 aromatic carbocycles. The highest BCUT2D eigenvalue weighted by atomic mass is 35.5. The normalized spacial score (nSPS) is 18.5. The molecule has 204 valence electrons. The minimum absolute atomic E-state index is 0. The number of carbonyl (C=O) groups is 1. The van der Waals surface area contributed by atoms with E-state index < -0.39 is 10.0 Å². The Morgan fingerprint density at radius 2 is 1.59 bits per heavy atom. The smallest absolute Gasteiger partial charge is 0.251 e. The number of amides is 1. The van der Waals surface area contributed by atoms with Gasteiger partial charge in [0.1, 0.15) is 12.4 Å². The fourth-order valence-electron chi connectivity index (χ4n) is 5.43. The van der Waals surface area contributed by atoms with E-state index in [1.54, 1.807) is 16.4 Å². The summed E-state index contributed by atoms with van der Waals surface area (Å²) in [6, 6.07) is 17.3. The summed E-state index contributed by atoms with van der Waals surface area (Å²) in [4.78, 5) is 15.4. The van der Waals surface area contributed by atoms with E-state index in [0.717, 1.165) is 37.0 Å². The van der Waals surface area contributed by atoms with E-state index in [9.17, 15) is 13.2 Å². The van der Waals surface area contributed by atoms with Crippen molar-refractivity contribution in [2.24, 2.45) is 0 Å². The summed E-state index contributed by atoms with van der Waals surface area (Å²) in [5, 5.41) is 3.19. The Labute approximate surface area is 228 Å². The van der Waals surface area contributed by atoms with Crippen molar-refractivity contribution in [1.82, 2.24) is 14.5 Å². The molecular weight excluding hydrogens is 510 g/mol. The molecular formula is C28H40ClN3O4S. The number of hydrogen-bond donors (Lipinski definition) is 1. The first-order valence-electron chi connectivity index (χ1n) is 13.2. The van der Waals surface area contributed by atoms with Gasteiger partial charge in [0.15, 0.2) is 0 Å². The van der Waals surface area contributed by atoms with Gasteiger partial charge in [-0.05, 0) is 49.1 Å². The summed E-state index contributed by atoms with van der Waals surface area (Å²) >= 11 is 0. The second-order valence-corrected chi connectivity index (χ2v) is 12.1. The van der Waals surface area contributed by atoms with Crippen molar-refractivity contribution in [3.63, 3.8) is 0 Å². The summed E-state index contributed by atoms with van der Waals surface area (Å²) in [5.74, 6) is 0.860. The Bertz CT molecular complexity index is 1080. The number of carbonyl (C=O) groups excluding carboxylic acids is 1. The fraction of sp³-hybridized carbons (Fsp3) is 0.536. The Balaban J connectivity index is 0.00000380. The molecule has 0 aromatic heterocycles. The molecule has 2 aromatic rings.